The van der Waals surface area contributed by atoms with Crippen LogP contribution in [0.5, 0.6) is 0 Å². The molecule has 1 aromatic heterocycles. The number of pyridine rings is 1. The van der Waals surface area contributed by atoms with Gasteiger partial charge in [-0.25, -0.2) is 0 Å². The molecule has 1 aromatic carbocycles. The lowest BCUT2D eigenvalue weighted by molar-refractivity contribution is 0.603. The minimum absolute atomic E-state index is 0.335. The summed E-state index contributed by atoms with van der Waals surface area (Å²) < 4.78 is 1.12. The highest BCUT2D eigenvalue weighted by molar-refractivity contribution is 9.10. The molecule has 0 spiro atoms. The van der Waals surface area contributed by atoms with Gasteiger partial charge in [-0.3, -0.25) is 4.98 Å². The van der Waals surface area contributed by atoms with Crippen LogP contribution in [0.3, 0.4) is 0 Å². The quantitative estimate of drug-likeness (QED) is 0.770. The van der Waals surface area contributed by atoms with E-state index in [0.29, 0.717) is 6.04 Å². The van der Waals surface area contributed by atoms with Crippen LogP contribution in [0.2, 0.25) is 0 Å². The van der Waals surface area contributed by atoms with E-state index in [1.165, 1.54) is 10.5 Å². The van der Waals surface area contributed by atoms with Gasteiger partial charge in [-0.2, -0.15) is 0 Å². The maximum Gasteiger partial charge on any atom is 0.0430 e. The van der Waals surface area contributed by atoms with Gasteiger partial charge >= 0.3 is 0 Å². The van der Waals surface area contributed by atoms with Gasteiger partial charge in [0.15, 0.2) is 0 Å². The first-order valence-corrected chi connectivity index (χ1v) is 8.51. The summed E-state index contributed by atoms with van der Waals surface area (Å²) >= 11 is 5.33. The number of hydrogen-bond acceptors (Lipinski definition) is 3. The second-order valence-corrected chi connectivity index (χ2v) is 6.62. The number of hydrogen-bond donors (Lipinski definition) is 1. The molecule has 0 saturated heterocycles. The molecule has 0 radical (unpaired) electrons. The van der Waals surface area contributed by atoms with Crippen LogP contribution in [0.1, 0.15) is 24.2 Å². The third-order valence-corrected chi connectivity index (χ3v) is 4.65. The van der Waals surface area contributed by atoms with Crippen molar-refractivity contribution in [1.29, 1.82) is 0 Å². The van der Waals surface area contributed by atoms with Gasteiger partial charge in [-0.15, -0.1) is 11.8 Å². The first kappa shape index (κ1) is 15.5. The zero-order chi connectivity index (χ0) is 14.4. The van der Waals surface area contributed by atoms with Crippen molar-refractivity contribution in [3.8, 4) is 0 Å². The van der Waals surface area contributed by atoms with Crippen LogP contribution in [0.4, 0.5) is 0 Å². The molecule has 0 aliphatic rings. The maximum atomic E-state index is 4.39. The summed E-state index contributed by atoms with van der Waals surface area (Å²) in [5.74, 6) is 1.00. The maximum absolute atomic E-state index is 4.39. The van der Waals surface area contributed by atoms with Crippen LogP contribution in [0.25, 0.3) is 0 Å². The number of halogens is 1. The Morgan fingerprint density at radius 2 is 1.95 bits per heavy atom. The number of aromatic nitrogens is 1. The number of nitrogens with zero attached hydrogens (tertiary/aromatic N) is 1. The molecule has 0 fully saturated rings. The summed E-state index contributed by atoms with van der Waals surface area (Å²) in [7, 11) is 0. The van der Waals surface area contributed by atoms with Crippen LogP contribution in [-0.4, -0.2) is 17.3 Å². The smallest absolute Gasteiger partial charge is 0.0430 e. The van der Waals surface area contributed by atoms with Gasteiger partial charge in [0.2, 0.25) is 0 Å². The molecule has 1 heterocycles. The highest BCUT2D eigenvalue weighted by Crippen LogP contribution is 2.25. The van der Waals surface area contributed by atoms with Crippen molar-refractivity contribution in [2.24, 2.45) is 0 Å². The summed E-state index contributed by atoms with van der Waals surface area (Å²) in [6, 6.07) is 13.0. The van der Waals surface area contributed by atoms with E-state index in [0.717, 1.165) is 22.5 Å². The second-order valence-electron chi connectivity index (χ2n) is 4.61. The Hall–Kier alpha value is -0.840. The van der Waals surface area contributed by atoms with Gasteiger partial charge in [-0.05, 0) is 49.4 Å². The molecule has 1 N–H and O–H groups in total. The number of rotatable bonds is 6. The Bertz CT molecular complexity index is 525. The van der Waals surface area contributed by atoms with E-state index in [1.54, 1.807) is 0 Å². The monoisotopic (exact) mass is 350 g/mol. The first-order valence-electron chi connectivity index (χ1n) is 6.73. The minimum atomic E-state index is 0.335. The van der Waals surface area contributed by atoms with Gasteiger partial charge in [0.1, 0.15) is 0 Å². The standard InChI is InChI=1S/C16H19BrN2S/c1-3-18-16(13-5-4-12(2)19-10-13)11-20-15-8-6-14(17)7-9-15/h4-10,16,18H,3,11H2,1-2H3. The van der Waals surface area contributed by atoms with Gasteiger partial charge in [-0.1, -0.05) is 28.9 Å². The predicted octanol–water partition coefficient (Wildman–Crippen LogP) is 4.60. The third-order valence-electron chi connectivity index (χ3n) is 3.02. The van der Waals surface area contributed by atoms with Crippen molar-refractivity contribution >= 4 is 27.7 Å². The molecular weight excluding hydrogens is 332 g/mol. The fraction of sp³-hybridized carbons (Fsp3) is 0.312. The van der Waals surface area contributed by atoms with Crippen molar-refractivity contribution < 1.29 is 0 Å². The number of benzene rings is 1. The van der Waals surface area contributed by atoms with Crippen LogP contribution in [0, 0.1) is 6.92 Å². The summed E-state index contributed by atoms with van der Waals surface area (Å²) in [6.45, 7) is 5.11. The van der Waals surface area contributed by atoms with E-state index in [2.05, 4.69) is 69.6 Å². The molecule has 106 valence electrons. The van der Waals surface area contributed by atoms with Crippen LogP contribution >= 0.6 is 27.7 Å². The Labute approximate surface area is 133 Å². The summed E-state index contributed by atoms with van der Waals surface area (Å²) in [4.78, 5) is 5.68. The third kappa shape index (κ3) is 4.62. The Balaban J connectivity index is 2.02. The van der Waals surface area contributed by atoms with E-state index in [-0.39, 0.29) is 0 Å². The topological polar surface area (TPSA) is 24.9 Å². The Kier molecular flexibility index (Phi) is 6.07. The van der Waals surface area contributed by atoms with Crippen molar-refractivity contribution in [2.45, 2.75) is 24.8 Å². The molecule has 0 aliphatic carbocycles. The average molecular weight is 351 g/mol. The first-order chi connectivity index (χ1) is 9.69. The van der Waals surface area contributed by atoms with Crippen molar-refractivity contribution in [1.82, 2.24) is 10.3 Å². The highest BCUT2D eigenvalue weighted by Gasteiger charge is 2.11. The molecule has 2 rings (SSSR count). The summed E-state index contributed by atoms with van der Waals surface area (Å²) in [6.07, 6.45) is 1.98. The molecule has 0 bridgehead atoms. The van der Waals surface area contributed by atoms with Crippen molar-refractivity contribution in [3.63, 3.8) is 0 Å². The second kappa shape index (κ2) is 7.81. The molecule has 20 heavy (non-hydrogen) atoms. The van der Waals surface area contributed by atoms with Crippen LogP contribution < -0.4 is 5.32 Å². The van der Waals surface area contributed by atoms with E-state index >= 15 is 0 Å². The zero-order valence-electron chi connectivity index (χ0n) is 11.8. The predicted molar refractivity (Wildman–Crippen MR) is 90.3 cm³/mol. The van der Waals surface area contributed by atoms with Gasteiger partial charge in [0.25, 0.3) is 0 Å². The molecule has 0 saturated carbocycles. The highest BCUT2D eigenvalue weighted by atomic mass is 79.9. The van der Waals surface area contributed by atoms with Gasteiger partial charge in [0, 0.05) is 33.1 Å². The minimum Gasteiger partial charge on any atom is -0.309 e. The lowest BCUT2D eigenvalue weighted by Gasteiger charge is -2.18. The molecule has 1 unspecified atom stereocenters. The molecule has 0 aliphatic heterocycles. The molecular formula is C16H19BrN2S. The Morgan fingerprint density at radius 3 is 2.55 bits per heavy atom. The molecule has 2 aromatic rings. The molecule has 2 nitrogen and oxygen atoms in total. The lowest BCUT2D eigenvalue weighted by Crippen LogP contribution is -2.23. The van der Waals surface area contributed by atoms with Gasteiger partial charge in [0.05, 0.1) is 0 Å². The number of aryl methyl sites for hydroxylation is 1. The molecule has 1 atom stereocenters. The number of thioether (sulfide) groups is 1. The van der Waals surface area contributed by atoms with E-state index in [1.807, 2.05) is 24.9 Å². The van der Waals surface area contributed by atoms with E-state index in [4.69, 9.17) is 0 Å². The van der Waals surface area contributed by atoms with Crippen LogP contribution in [-0.2, 0) is 0 Å². The van der Waals surface area contributed by atoms with Crippen molar-refractivity contribution in [2.75, 3.05) is 12.3 Å². The van der Waals surface area contributed by atoms with Gasteiger partial charge < -0.3 is 5.32 Å². The van der Waals surface area contributed by atoms with E-state index in [9.17, 15) is 0 Å². The normalized spacial score (nSPS) is 12.3. The summed E-state index contributed by atoms with van der Waals surface area (Å²) in [5.41, 5.74) is 2.31. The SMILES string of the molecule is CCNC(CSc1ccc(Br)cc1)c1ccc(C)nc1. The lowest BCUT2D eigenvalue weighted by atomic mass is 10.1. The number of nitrogens with one attached hydrogen (secondary N) is 1. The average Bonchev–Trinajstić information content (AvgIpc) is 2.46. The molecule has 4 heteroatoms. The Morgan fingerprint density at radius 1 is 1.20 bits per heavy atom. The summed E-state index contributed by atoms with van der Waals surface area (Å²) in [5, 5.41) is 3.53. The zero-order valence-corrected chi connectivity index (χ0v) is 14.2. The fourth-order valence-electron chi connectivity index (χ4n) is 1.92. The van der Waals surface area contributed by atoms with E-state index < -0.39 is 0 Å². The van der Waals surface area contributed by atoms with Crippen LogP contribution in [0.15, 0.2) is 52.0 Å². The molecule has 0 amide bonds. The largest absolute Gasteiger partial charge is 0.309 e. The van der Waals surface area contributed by atoms with Crippen molar-refractivity contribution in [3.05, 3.63) is 58.3 Å². The fourth-order valence-corrected chi connectivity index (χ4v) is 3.18.